The third kappa shape index (κ3) is 3.34. The fourth-order valence-electron chi connectivity index (χ4n) is 1.74. The molecule has 0 amide bonds. The molecule has 0 saturated carbocycles. The summed E-state index contributed by atoms with van der Waals surface area (Å²) < 4.78 is 29.0. The lowest BCUT2D eigenvalue weighted by atomic mass is 10.3. The van der Waals surface area contributed by atoms with Crippen LogP contribution in [0.15, 0.2) is 47.4 Å². The Kier molecular flexibility index (Phi) is 4.32. The minimum atomic E-state index is -3.34. The molecule has 0 aliphatic rings. The molecular weight excluding hydrogens is 308 g/mol. The molecule has 0 unspecified atom stereocenters. The number of ether oxygens (including phenoxy) is 1. The first-order chi connectivity index (χ1) is 10.3. The quantitative estimate of drug-likeness (QED) is 0.514. The molecule has 0 radical (unpaired) electrons. The summed E-state index contributed by atoms with van der Waals surface area (Å²) in [4.78, 5) is 10.2. The van der Waals surface area contributed by atoms with Crippen LogP contribution in [0.25, 0.3) is 0 Å². The van der Waals surface area contributed by atoms with Crippen molar-refractivity contribution in [1.82, 2.24) is 0 Å². The SMILES string of the molecule is CCS(=O)(=O)c1ccc(Oc2ccc([N+](=O)[O-])cc2)c(N)c1. The van der Waals surface area contributed by atoms with E-state index in [1.807, 2.05) is 0 Å². The molecule has 0 atom stereocenters. The van der Waals surface area contributed by atoms with Crippen LogP contribution in [0.4, 0.5) is 11.4 Å². The molecule has 0 saturated heterocycles. The Morgan fingerprint density at radius 1 is 1.18 bits per heavy atom. The molecule has 0 spiro atoms. The third-order valence-electron chi connectivity index (χ3n) is 3.00. The Morgan fingerprint density at radius 3 is 2.32 bits per heavy atom. The van der Waals surface area contributed by atoms with Crippen molar-refractivity contribution in [2.75, 3.05) is 11.5 Å². The molecule has 7 nitrogen and oxygen atoms in total. The molecule has 2 aromatic carbocycles. The summed E-state index contributed by atoms with van der Waals surface area (Å²) in [6.07, 6.45) is 0. The summed E-state index contributed by atoms with van der Waals surface area (Å²) in [5.74, 6) is 0.627. The maximum absolute atomic E-state index is 11.8. The number of anilines is 1. The molecular formula is C14H14N2O5S. The molecule has 8 heteroatoms. The van der Waals surface area contributed by atoms with E-state index in [-0.39, 0.29) is 27.8 Å². The van der Waals surface area contributed by atoms with Crippen LogP contribution in [0.5, 0.6) is 11.5 Å². The van der Waals surface area contributed by atoms with E-state index < -0.39 is 14.8 Å². The second-order valence-electron chi connectivity index (χ2n) is 4.46. The van der Waals surface area contributed by atoms with Gasteiger partial charge in [0.15, 0.2) is 9.84 Å². The topological polar surface area (TPSA) is 113 Å². The van der Waals surface area contributed by atoms with Gasteiger partial charge in [-0.2, -0.15) is 0 Å². The Bertz CT molecular complexity index is 800. The van der Waals surface area contributed by atoms with Gasteiger partial charge in [-0.25, -0.2) is 8.42 Å². The lowest BCUT2D eigenvalue weighted by Crippen LogP contribution is -2.04. The van der Waals surface area contributed by atoms with Crippen LogP contribution >= 0.6 is 0 Å². The molecule has 0 aliphatic heterocycles. The van der Waals surface area contributed by atoms with Crippen molar-refractivity contribution in [3.63, 3.8) is 0 Å². The number of hydrogen-bond donors (Lipinski definition) is 1. The molecule has 2 aromatic rings. The second kappa shape index (κ2) is 6.02. The van der Waals surface area contributed by atoms with Crippen LogP contribution in [-0.2, 0) is 9.84 Å². The summed E-state index contributed by atoms with van der Waals surface area (Å²) in [7, 11) is -3.34. The van der Waals surface area contributed by atoms with Gasteiger partial charge in [0.05, 0.1) is 21.3 Å². The number of nitrogen functional groups attached to an aromatic ring is 1. The van der Waals surface area contributed by atoms with E-state index in [9.17, 15) is 18.5 Å². The van der Waals surface area contributed by atoms with Crippen LogP contribution in [0.2, 0.25) is 0 Å². The van der Waals surface area contributed by atoms with Crippen LogP contribution in [0.1, 0.15) is 6.92 Å². The van der Waals surface area contributed by atoms with E-state index in [2.05, 4.69) is 0 Å². The maximum atomic E-state index is 11.8. The van der Waals surface area contributed by atoms with Crippen LogP contribution in [0, 0.1) is 10.1 Å². The van der Waals surface area contributed by atoms with Gasteiger partial charge in [0.1, 0.15) is 11.5 Å². The highest BCUT2D eigenvalue weighted by atomic mass is 32.2. The van der Waals surface area contributed by atoms with E-state index in [1.165, 1.54) is 42.5 Å². The number of hydrogen-bond acceptors (Lipinski definition) is 6. The molecule has 0 aliphatic carbocycles. The number of rotatable bonds is 5. The number of non-ortho nitro benzene ring substituents is 1. The van der Waals surface area contributed by atoms with Gasteiger partial charge in [0.2, 0.25) is 0 Å². The number of nitrogens with zero attached hydrogens (tertiary/aromatic N) is 1. The third-order valence-corrected chi connectivity index (χ3v) is 4.73. The molecule has 2 N–H and O–H groups in total. The van der Waals surface area contributed by atoms with Crippen molar-refractivity contribution >= 4 is 21.2 Å². The van der Waals surface area contributed by atoms with Crippen molar-refractivity contribution in [2.24, 2.45) is 0 Å². The van der Waals surface area contributed by atoms with E-state index in [0.717, 1.165) is 0 Å². The highest BCUT2D eigenvalue weighted by molar-refractivity contribution is 7.91. The van der Waals surface area contributed by atoms with Crippen LogP contribution in [-0.4, -0.2) is 19.1 Å². The van der Waals surface area contributed by atoms with Gasteiger partial charge < -0.3 is 10.5 Å². The zero-order valence-electron chi connectivity index (χ0n) is 11.7. The molecule has 0 heterocycles. The Balaban J connectivity index is 2.25. The van der Waals surface area contributed by atoms with Gasteiger partial charge in [-0.1, -0.05) is 6.92 Å². The number of sulfone groups is 1. The molecule has 0 fully saturated rings. The van der Waals surface area contributed by atoms with Gasteiger partial charge in [0.25, 0.3) is 5.69 Å². The average Bonchev–Trinajstić information content (AvgIpc) is 2.49. The van der Waals surface area contributed by atoms with Crippen LogP contribution in [0.3, 0.4) is 0 Å². The zero-order chi connectivity index (χ0) is 16.3. The summed E-state index contributed by atoms with van der Waals surface area (Å²) in [6, 6.07) is 9.69. The molecule has 0 aromatic heterocycles. The Hall–Kier alpha value is -2.61. The first kappa shape index (κ1) is 15.8. The highest BCUT2D eigenvalue weighted by Gasteiger charge is 2.14. The number of nitro groups is 1. The molecule has 116 valence electrons. The van der Waals surface area contributed by atoms with Crippen molar-refractivity contribution in [3.05, 3.63) is 52.6 Å². The largest absolute Gasteiger partial charge is 0.455 e. The standard InChI is InChI=1S/C14H14N2O5S/c1-2-22(19,20)12-7-8-14(13(15)9-12)21-11-5-3-10(4-6-11)16(17)18/h3-9H,2,15H2,1H3. The van der Waals surface area contributed by atoms with E-state index in [0.29, 0.717) is 5.75 Å². The maximum Gasteiger partial charge on any atom is 0.269 e. The summed E-state index contributed by atoms with van der Waals surface area (Å²) in [6.45, 7) is 1.55. The van der Waals surface area contributed by atoms with Crippen LogP contribution < -0.4 is 10.5 Å². The predicted octanol–water partition coefficient (Wildman–Crippen LogP) is 2.76. The predicted molar refractivity (Wildman–Crippen MR) is 81.8 cm³/mol. The first-order valence-electron chi connectivity index (χ1n) is 6.38. The minimum Gasteiger partial charge on any atom is -0.455 e. The summed E-state index contributed by atoms with van der Waals surface area (Å²) in [5, 5.41) is 10.6. The van der Waals surface area contributed by atoms with Crippen molar-refractivity contribution in [1.29, 1.82) is 0 Å². The zero-order valence-corrected chi connectivity index (χ0v) is 12.5. The smallest absolute Gasteiger partial charge is 0.269 e. The Labute approximate surface area is 127 Å². The minimum absolute atomic E-state index is 0.0189. The summed E-state index contributed by atoms with van der Waals surface area (Å²) >= 11 is 0. The molecule has 22 heavy (non-hydrogen) atoms. The van der Waals surface area contributed by atoms with Crippen molar-refractivity contribution in [2.45, 2.75) is 11.8 Å². The van der Waals surface area contributed by atoms with E-state index in [4.69, 9.17) is 10.5 Å². The monoisotopic (exact) mass is 322 g/mol. The van der Waals surface area contributed by atoms with Gasteiger partial charge in [0, 0.05) is 12.1 Å². The lowest BCUT2D eigenvalue weighted by molar-refractivity contribution is -0.384. The fourth-order valence-corrected chi connectivity index (χ4v) is 2.66. The number of nitrogens with two attached hydrogens (primary N) is 1. The van der Waals surface area contributed by atoms with Crippen molar-refractivity contribution in [3.8, 4) is 11.5 Å². The van der Waals surface area contributed by atoms with Gasteiger partial charge in [-0.3, -0.25) is 10.1 Å². The molecule has 0 bridgehead atoms. The lowest BCUT2D eigenvalue weighted by Gasteiger charge is -2.10. The number of nitro benzene ring substituents is 1. The van der Waals surface area contributed by atoms with E-state index in [1.54, 1.807) is 6.92 Å². The number of benzene rings is 2. The fraction of sp³-hybridized carbons (Fsp3) is 0.143. The highest BCUT2D eigenvalue weighted by Crippen LogP contribution is 2.30. The van der Waals surface area contributed by atoms with E-state index >= 15 is 0 Å². The summed E-state index contributed by atoms with van der Waals surface area (Å²) in [5.41, 5.74) is 5.92. The van der Waals surface area contributed by atoms with Gasteiger partial charge in [-0.15, -0.1) is 0 Å². The first-order valence-corrected chi connectivity index (χ1v) is 8.03. The Morgan fingerprint density at radius 2 is 1.82 bits per heavy atom. The van der Waals surface area contributed by atoms with Gasteiger partial charge in [-0.05, 0) is 30.3 Å². The normalized spacial score (nSPS) is 11.1. The van der Waals surface area contributed by atoms with Crippen molar-refractivity contribution < 1.29 is 18.1 Å². The van der Waals surface area contributed by atoms with Gasteiger partial charge >= 0.3 is 0 Å². The second-order valence-corrected chi connectivity index (χ2v) is 6.73. The molecule has 2 rings (SSSR count). The average molecular weight is 322 g/mol.